The fourth-order valence-electron chi connectivity index (χ4n) is 3.57. The average molecular weight is 429 g/mol. The summed E-state index contributed by atoms with van der Waals surface area (Å²) >= 11 is 0. The Labute approximate surface area is 167 Å². The number of alkyl halides is 6. The van der Waals surface area contributed by atoms with Crippen LogP contribution >= 0.6 is 0 Å². The largest absolute Gasteiger partial charge is 0.416 e. The Morgan fingerprint density at radius 1 is 1.03 bits per heavy atom. The van der Waals surface area contributed by atoms with Crippen molar-refractivity contribution in [2.24, 2.45) is 0 Å². The van der Waals surface area contributed by atoms with Gasteiger partial charge in [0.05, 0.1) is 23.6 Å². The summed E-state index contributed by atoms with van der Waals surface area (Å²) in [6.45, 7) is -0.282. The van der Waals surface area contributed by atoms with Crippen LogP contribution < -0.4 is 4.90 Å². The van der Waals surface area contributed by atoms with Crippen molar-refractivity contribution in [1.82, 2.24) is 0 Å². The van der Waals surface area contributed by atoms with Crippen molar-refractivity contribution in [3.05, 3.63) is 64.5 Å². The molecule has 0 saturated carbocycles. The van der Waals surface area contributed by atoms with Crippen LogP contribution in [0.15, 0.2) is 36.4 Å². The number of rotatable bonds is 2. The number of aryl methyl sites for hydroxylation is 1. The first kappa shape index (κ1) is 21.7. The van der Waals surface area contributed by atoms with E-state index in [9.17, 15) is 35.5 Å². The normalized spacial score (nSPS) is 17.3. The Morgan fingerprint density at radius 3 is 2.33 bits per heavy atom. The maximum atomic E-state index is 13.6. The average Bonchev–Trinajstić information content (AvgIpc) is 2.77. The van der Waals surface area contributed by atoms with Crippen LogP contribution in [0.4, 0.5) is 36.4 Å². The van der Waals surface area contributed by atoms with Gasteiger partial charge >= 0.3 is 12.4 Å². The predicted octanol–water partition coefficient (Wildman–Crippen LogP) is 5.56. The van der Waals surface area contributed by atoms with E-state index in [-0.39, 0.29) is 31.1 Å². The standard InChI is InChI=1S/C21H14F7NO/c1-2-9-29-18-8-5-14(22)10-12(18)3-6-16(19(29)30)15-7-4-13(20(23,24)25)11-17(15)21(26,27)28/h1,4-5,7-8,10-11,16H,3,6,9H2. The SMILES string of the molecule is C#CCN1C(=O)C(c2ccc(C(F)(F)F)cc2C(F)(F)F)CCc2cc(F)ccc21. The van der Waals surface area contributed by atoms with Gasteiger partial charge in [0, 0.05) is 5.69 Å². The van der Waals surface area contributed by atoms with E-state index in [0.29, 0.717) is 17.7 Å². The monoisotopic (exact) mass is 429 g/mol. The van der Waals surface area contributed by atoms with Gasteiger partial charge in [0.25, 0.3) is 0 Å². The number of terminal acetylenes is 1. The van der Waals surface area contributed by atoms with Gasteiger partial charge in [-0.25, -0.2) is 4.39 Å². The molecule has 9 heteroatoms. The first-order chi connectivity index (χ1) is 13.9. The van der Waals surface area contributed by atoms with Crippen LogP contribution in [0.2, 0.25) is 0 Å². The molecule has 2 aromatic carbocycles. The van der Waals surface area contributed by atoms with Crippen LogP contribution in [0.25, 0.3) is 0 Å². The zero-order valence-electron chi connectivity index (χ0n) is 15.2. The molecule has 1 aliphatic rings. The third kappa shape index (κ3) is 4.13. The molecule has 1 atom stereocenters. The van der Waals surface area contributed by atoms with Crippen LogP contribution in [0, 0.1) is 18.2 Å². The van der Waals surface area contributed by atoms with E-state index in [2.05, 4.69) is 5.92 Å². The van der Waals surface area contributed by atoms with E-state index in [0.717, 1.165) is 17.0 Å². The van der Waals surface area contributed by atoms with Crippen molar-refractivity contribution in [2.45, 2.75) is 31.1 Å². The van der Waals surface area contributed by atoms with Crippen LogP contribution in [0.3, 0.4) is 0 Å². The Bertz CT molecular complexity index is 1020. The van der Waals surface area contributed by atoms with Crippen molar-refractivity contribution in [1.29, 1.82) is 0 Å². The van der Waals surface area contributed by atoms with E-state index in [1.165, 1.54) is 6.07 Å². The van der Waals surface area contributed by atoms with Gasteiger partial charge in [-0.15, -0.1) is 6.42 Å². The minimum atomic E-state index is -5.11. The molecule has 0 aliphatic carbocycles. The molecule has 1 aliphatic heterocycles. The molecule has 0 aromatic heterocycles. The Hall–Kier alpha value is -3.02. The molecular weight excluding hydrogens is 415 g/mol. The number of carbonyl (C=O) groups excluding carboxylic acids is 1. The number of amides is 1. The van der Waals surface area contributed by atoms with Gasteiger partial charge in [0.1, 0.15) is 5.82 Å². The van der Waals surface area contributed by atoms with E-state index in [4.69, 9.17) is 6.42 Å². The molecule has 1 unspecified atom stereocenters. The van der Waals surface area contributed by atoms with E-state index < -0.39 is 46.7 Å². The first-order valence-electron chi connectivity index (χ1n) is 8.75. The number of carbonyl (C=O) groups is 1. The van der Waals surface area contributed by atoms with E-state index in [1.807, 2.05) is 0 Å². The predicted molar refractivity (Wildman–Crippen MR) is 95.1 cm³/mol. The molecule has 0 radical (unpaired) electrons. The summed E-state index contributed by atoms with van der Waals surface area (Å²) in [5.41, 5.74) is -2.93. The minimum Gasteiger partial charge on any atom is -0.300 e. The molecule has 2 aromatic rings. The van der Waals surface area contributed by atoms with Gasteiger partial charge in [-0.1, -0.05) is 12.0 Å². The van der Waals surface area contributed by atoms with Crippen molar-refractivity contribution in [3.63, 3.8) is 0 Å². The lowest BCUT2D eigenvalue weighted by atomic mass is 9.88. The molecule has 0 bridgehead atoms. The maximum Gasteiger partial charge on any atom is 0.416 e. The number of benzene rings is 2. The molecule has 1 amide bonds. The molecule has 3 rings (SSSR count). The zero-order valence-corrected chi connectivity index (χ0v) is 15.2. The van der Waals surface area contributed by atoms with Gasteiger partial charge in [0.2, 0.25) is 5.91 Å². The Morgan fingerprint density at radius 2 is 1.73 bits per heavy atom. The molecule has 30 heavy (non-hydrogen) atoms. The number of nitrogens with zero attached hydrogens (tertiary/aromatic N) is 1. The van der Waals surface area contributed by atoms with Gasteiger partial charge in [-0.3, -0.25) is 9.69 Å². The highest BCUT2D eigenvalue weighted by Gasteiger charge is 2.42. The van der Waals surface area contributed by atoms with Crippen LogP contribution in [0.1, 0.15) is 34.6 Å². The van der Waals surface area contributed by atoms with Gasteiger partial charge in [0.15, 0.2) is 0 Å². The molecule has 0 fully saturated rings. The molecular formula is C21H14F7NO. The van der Waals surface area contributed by atoms with E-state index in [1.54, 1.807) is 0 Å². The quantitative estimate of drug-likeness (QED) is 0.452. The van der Waals surface area contributed by atoms with Crippen molar-refractivity contribution >= 4 is 11.6 Å². The highest BCUT2D eigenvalue weighted by Crippen LogP contribution is 2.42. The topological polar surface area (TPSA) is 20.3 Å². The van der Waals surface area contributed by atoms with Gasteiger partial charge in [-0.2, -0.15) is 26.3 Å². The summed E-state index contributed by atoms with van der Waals surface area (Å²) in [6.07, 6.45) is -4.90. The zero-order chi connectivity index (χ0) is 22.3. The van der Waals surface area contributed by atoms with Crippen molar-refractivity contribution in [3.8, 4) is 12.3 Å². The lowest BCUT2D eigenvalue weighted by Crippen LogP contribution is -2.35. The summed E-state index contributed by atoms with van der Waals surface area (Å²) in [5.74, 6) is -0.538. The second kappa shape index (κ2) is 7.67. The molecule has 0 spiro atoms. The fourth-order valence-corrected chi connectivity index (χ4v) is 3.57. The number of anilines is 1. The van der Waals surface area contributed by atoms with Crippen molar-refractivity contribution in [2.75, 3.05) is 11.4 Å². The number of hydrogen-bond donors (Lipinski definition) is 0. The second-order valence-corrected chi connectivity index (χ2v) is 6.79. The second-order valence-electron chi connectivity index (χ2n) is 6.79. The Kier molecular flexibility index (Phi) is 5.54. The molecule has 2 nitrogen and oxygen atoms in total. The molecule has 158 valence electrons. The summed E-state index contributed by atoms with van der Waals surface area (Å²) < 4.78 is 93.2. The van der Waals surface area contributed by atoms with Crippen molar-refractivity contribution < 1.29 is 35.5 Å². The number of halogens is 7. The summed E-state index contributed by atoms with van der Waals surface area (Å²) in [5, 5.41) is 0. The third-order valence-corrected chi connectivity index (χ3v) is 4.91. The van der Waals surface area contributed by atoms with Gasteiger partial charge in [-0.05, 0) is 54.3 Å². The fraction of sp³-hybridized carbons (Fsp3) is 0.286. The smallest absolute Gasteiger partial charge is 0.300 e. The van der Waals surface area contributed by atoms with Crippen LogP contribution in [-0.4, -0.2) is 12.5 Å². The minimum absolute atomic E-state index is 0.00579. The molecule has 1 heterocycles. The molecule has 0 N–H and O–H groups in total. The lowest BCUT2D eigenvalue weighted by Gasteiger charge is -2.26. The number of fused-ring (bicyclic) bond motifs is 1. The summed E-state index contributed by atoms with van der Waals surface area (Å²) in [6, 6.07) is 4.76. The maximum absolute atomic E-state index is 13.6. The summed E-state index contributed by atoms with van der Waals surface area (Å²) in [4.78, 5) is 14.2. The number of hydrogen-bond acceptors (Lipinski definition) is 1. The first-order valence-corrected chi connectivity index (χ1v) is 8.75. The Balaban J connectivity index is 2.14. The molecule has 0 saturated heterocycles. The highest BCUT2D eigenvalue weighted by atomic mass is 19.4. The summed E-state index contributed by atoms with van der Waals surface area (Å²) in [7, 11) is 0. The van der Waals surface area contributed by atoms with Gasteiger partial charge < -0.3 is 0 Å². The van der Waals surface area contributed by atoms with Crippen LogP contribution in [0.5, 0.6) is 0 Å². The third-order valence-electron chi connectivity index (χ3n) is 4.91. The highest BCUT2D eigenvalue weighted by molar-refractivity contribution is 6.00. The lowest BCUT2D eigenvalue weighted by molar-refractivity contribution is -0.143. The van der Waals surface area contributed by atoms with E-state index >= 15 is 0 Å². The van der Waals surface area contributed by atoms with Crippen LogP contribution in [-0.2, 0) is 23.6 Å².